The molecule has 144 valence electrons. The summed E-state index contributed by atoms with van der Waals surface area (Å²) in [7, 11) is 2.17. The molecule has 5 nitrogen and oxygen atoms in total. The zero-order valence-electron chi connectivity index (χ0n) is 16.3. The topological polar surface area (TPSA) is 50.6 Å². The second-order valence-electron chi connectivity index (χ2n) is 7.77. The fourth-order valence-electron chi connectivity index (χ4n) is 4.25. The Morgan fingerprint density at radius 3 is 2.61 bits per heavy atom. The van der Waals surface area contributed by atoms with Gasteiger partial charge in [0.05, 0.1) is 11.6 Å². The summed E-state index contributed by atoms with van der Waals surface area (Å²) in [5.41, 5.74) is 3.11. The molecular weight excluding hydrogens is 348 g/mol. The Morgan fingerprint density at radius 1 is 1.04 bits per heavy atom. The highest BCUT2D eigenvalue weighted by molar-refractivity contribution is 5.96. The molecule has 2 fully saturated rings. The number of likely N-dealkylation sites (tertiary alicyclic amines) is 1. The van der Waals surface area contributed by atoms with Crippen LogP contribution in [0.1, 0.15) is 22.3 Å². The third kappa shape index (κ3) is 3.80. The van der Waals surface area contributed by atoms with E-state index in [1.165, 1.54) is 0 Å². The van der Waals surface area contributed by atoms with Gasteiger partial charge in [-0.1, -0.05) is 30.3 Å². The van der Waals surface area contributed by atoms with Gasteiger partial charge in [0.2, 0.25) is 0 Å². The van der Waals surface area contributed by atoms with Crippen LogP contribution in [0.4, 0.5) is 0 Å². The average Bonchev–Trinajstić information content (AvgIpc) is 3.24. The third-order valence-electron chi connectivity index (χ3n) is 5.97. The number of benzene rings is 2. The van der Waals surface area contributed by atoms with Crippen LogP contribution in [0, 0.1) is 11.3 Å². The fourth-order valence-corrected chi connectivity index (χ4v) is 4.25. The second-order valence-corrected chi connectivity index (χ2v) is 7.77. The summed E-state index contributed by atoms with van der Waals surface area (Å²) in [5, 5.41) is 9.37. The van der Waals surface area contributed by atoms with Gasteiger partial charge in [0.25, 0.3) is 5.91 Å². The Morgan fingerprint density at radius 2 is 1.82 bits per heavy atom. The highest BCUT2D eigenvalue weighted by Gasteiger charge is 2.32. The number of piperazine rings is 1. The minimum atomic E-state index is 0.0907. The molecule has 2 aromatic rings. The molecule has 1 unspecified atom stereocenters. The summed E-state index contributed by atoms with van der Waals surface area (Å²) in [6, 6.07) is 17.9. The van der Waals surface area contributed by atoms with Gasteiger partial charge in [-0.15, -0.1) is 0 Å². The van der Waals surface area contributed by atoms with Crippen LogP contribution in [0.3, 0.4) is 0 Å². The van der Waals surface area contributed by atoms with Crippen molar-refractivity contribution in [2.24, 2.45) is 0 Å². The number of amides is 1. The number of rotatable bonds is 3. The van der Waals surface area contributed by atoms with Crippen LogP contribution < -0.4 is 0 Å². The maximum atomic E-state index is 13.1. The molecular formula is C23H26N4O. The Bertz CT molecular complexity index is 895. The van der Waals surface area contributed by atoms with Crippen LogP contribution in [0.15, 0.2) is 48.5 Å². The first-order valence-electron chi connectivity index (χ1n) is 9.97. The van der Waals surface area contributed by atoms with Crippen molar-refractivity contribution in [1.82, 2.24) is 14.7 Å². The lowest BCUT2D eigenvalue weighted by Gasteiger charge is -2.36. The van der Waals surface area contributed by atoms with Crippen molar-refractivity contribution in [3.8, 4) is 17.2 Å². The first kappa shape index (κ1) is 18.7. The van der Waals surface area contributed by atoms with Gasteiger partial charge in [0.1, 0.15) is 0 Å². The standard InChI is InChI=1S/C23H26N4O/c1-25-11-13-26(14-12-25)21-9-10-27(17-21)23(28)19-7-4-6-18(15-19)22-8-3-2-5-20(22)16-24/h2-8,15,21H,9-14,17H2,1H3. The van der Waals surface area contributed by atoms with E-state index in [0.29, 0.717) is 17.2 Å². The number of carbonyl (C=O) groups excluding carboxylic acids is 1. The molecule has 0 radical (unpaired) electrons. The first-order valence-corrected chi connectivity index (χ1v) is 9.97. The number of hydrogen-bond acceptors (Lipinski definition) is 4. The largest absolute Gasteiger partial charge is 0.337 e. The maximum absolute atomic E-state index is 13.1. The summed E-state index contributed by atoms with van der Waals surface area (Å²) in [4.78, 5) is 20.0. The van der Waals surface area contributed by atoms with Crippen molar-refractivity contribution in [3.63, 3.8) is 0 Å². The van der Waals surface area contributed by atoms with Gasteiger partial charge in [-0.2, -0.15) is 5.26 Å². The molecule has 2 aliphatic rings. The van der Waals surface area contributed by atoms with Gasteiger partial charge < -0.3 is 9.80 Å². The van der Waals surface area contributed by atoms with Gasteiger partial charge >= 0.3 is 0 Å². The quantitative estimate of drug-likeness (QED) is 0.829. The summed E-state index contributed by atoms with van der Waals surface area (Å²) in [6.45, 7) is 6.00. The van der Waals surface area contributed by atoms with E-state index in [2.05, 4.69) is 22.9 Å². The lowest BCUT2D eigenvalue weighted by molar-refractivity contribution is 0.0755. The van der Waals surface area contributed by atoms with E-state index < -0.39 is 0 Å². The van der Waals surface area contributed by atoms with Gasteiger partial charge in [-0.25, -0.2) is 0 Å². The number of likely N-dealkylation sites (N-methyl/N-ethyl adjacent to an activating group) is 1. The van der Waals surface area contributed by atoms with E-state index in [1.54, 1.807) is 0 Å². The summed E-state index contributed by atoms with van der Waals surface area (Å²) < 4.78 is 0. The van der Waals surface area contributed by atoms with Gasteiger partial charge in [0.15, 0.2) is 0 Å². The van der Waals surface area contributed by atoms with Gasteiger partial charge in [-0.05, 0) is 42.8 Å². The van der Waals surface area contributed by atoms with Crippen LogP contribution >= 0.6 is 0 Å². The Balaban J connectivity index is 1.48. The van der Waals surface area contributed by atoms with E-state index in [0.717, 1.165) is 56.8 Å². The van der Waals surface area contributed by atoms with Gasteiger partial charge in [-0.3, -0.25) is 9.69 Å². The van der Waals surface area contributed by atoms with Crippen molar-refractivity contribution in [3.05, 3.63) is 59.7 Å². The molecule has 0 bridgehead atoms. The molecule has 0 spiro atoms. The van der Waals surface area contributed by atoms with Crippen LogP contribution in [0.25, 0.3) is 11.1 Å². The number of hydrogen-bond donors (Lipinski definition) is 0. The first-order chi connectivity index (χ1) is 13.7. The molecule has 2 aliphatic heterocycles. The van der Waals surface area contributed by atoms with Crippen molar-refractivity contribution in [2.75, 3.05) is 46.3 Å². The Kier molecular flexibility index (Phi) is 5.43. The lowest BCUT2D eigenvalue weighted by atomic mass is 9.98. The highest BCUT2D eigenvalue weighted by Crippen LogP contribution is 2.26. The number of carbonyl (C=O) groups is 1. The van der Waals surface area contributed by atoms with Crippen molar-refractivity contribution in [1.29, 1.82) is 5.26 Å². The van der Waals surface area contributed by atoms with Crippen LogP contribution in [-0.2, 0) is 0 Å². The lowest BCUT2D eigenvalue weighted by Crippen LogP contribution is -2.50. The molecule has 1 atom stereocenters. The Labute approximate surface area is 166 Å². The molecule has 0 aliphatic carbocycles. The minimum absolute atomic E-state index is 0.0907. The van der Waals surface area contributed by atoms with E-state index in [9.17, 15) is 10.1 Å². The van der Waals surface area contributed by atoms with Crippen LogP contribution in [-0.4, -0.2) is 73.0 Å². The Hall–Kier alpha value is -2.68. The normalized spacial score (nSPS) is 20.9. The zero-order chi connectivity index (χ0) is 19.5. The molecule has 2 aromatic carbocycles. The van der Waals surface area contributed by atoms with Gasteiger partial charge in [0, 0.05) is 50.9 Å². The smallest absolute Gasteiger partial charge is 0.253 e. The molecule has 5 heteroatoms. The maximum Gasteiger partial charge on any atom is 0.253 e. The predicted octanol–water partition coefficient (Wildman–Crippen LogP) is 2.69. The van der Waals surface area contributed by atoms with Crippen molar-refractivity contribution in [2.45, 2.75) is 12.5 Å². The monoisotopic (exact) mass is 374 g/mol. The molecule has 4 rings (SSSR count). The van der Waals surface area contributed by atoms with E-state index in [-0.39, 0.29) is 5.91 Å². The summed E-state index contributed by atoms with van der Waals surface area (Å²) in [5.74, 6) is 0.0907. The highest BCUT2D eigenvalue weighted by atomic mass is 16.2. The summed E-state index contributed by atoms with van der Waals surface area (Å²) in [6.07, 6.45) is 1.05. The molecule has 2 heterocycles. The molecule has 1 amide bonds. The third-order valence-corrected chi connectivity index (χ3v) is 5.97. The minimum Gasteiger partial charge on any atom is -0.337 e. The van der Waals surface area contributed by atoms with E-state index in [4.69, 9.17) is 0 Å². The predicted molar refractivity (Wildman–Crippen MR) is 110 cm³/mol. The van der Waals surface area contributed by atoms with E-state index >= 15 is 0 Å². The molecule has 28 heavy (non-hydrogen) atoms. The van der Waals surface area contributed by atoms with Crippen LogP contribution in [0.2, 0.25) is 0 Å². The van der Waals surface area contributed by atoms with Crippen molar-refractivity contribution < 1.29 is 4.79 Å². The molecule has 2 saturated heterocycles. The SMILES string of the molecule is CN1CCN(C2CCN(C(=O)c3cccc(-c4ccccc4C#N)c3)C2)CC1. The second kappa shape index (κ2) is 8.14. The average molecular weight is 374 g/mol. The van der Waals surface area contributed by atoms with Crippen LogP contribution in [0.5, 0.6) is 0 Å². The van der Waals surface area contributed by atoms with E-state index in [1.807, 2.05) is 53.4 Å². The fraction of sp³-hybridized carbons (Fsp3) is 0.391. The number of nitrogens with zero attached hydrogens (tertiary/aromatic N) is 4. The summed E-state index contributed by atoms with van der Waals surface area (Å²) >= 11 is 0. The molecule has 0 aromatic heterocycles. The molecule has 0 N–H and O–H groups in total. The number of nitriles is 1. The van der Waals surface area contributed by atoms with Crippen molar-refractivity contribution >= 4 is 5.91 Å². The zero-order valence-corrected chi connectivity index (χ0v) is 16.3. The molecule has 0 saturated carbocycles.